The van der Waals surface area contributed by atoms with Gasteiger partial charge in [-0.15, -0.1) is 0 Å². The predicted molar refractivity (Wildman–Crippen MR) is 102 cm³/mol. The minimum absolute atomic E-state index is 0.196. The summed E-state index contributed by atoms with van der Waals surface area (Å²) >= 11 is 0. The number of nitrogens with zero attached hydrogens (tertiary/aromatic N) is 3. The molecule has 3 fully saturated rings. The first-order valence-corrected chi connectivity index (χ1v) is 11.4. The normalized spacial score (nSPS) is 26.4. The Kier molecular flexibility index (Phi) is 5.45. The lowest BCUT2D eigenvalue weighted by Crippen LogP contribution is -2.45. The third-order valence-corrected chi connectivity index (χ3v) is 8.64. The quantitative estimate of drug-likeness (QED) is 0.769. The molecule has 1 atom stereocenters. The molecular weight excluding hydrogens is 381 g/mol. The Bertz CT molecular complexity index is 869. The highest BCUT2D eigenvalue weighted by Gasteiger charge is 2.45. The molecule has 0 bridgehead atoms. The zero-order valence-electron chi connectivity index (χ0n) is 15.9. The molecule has 28 heavy (non-hydrogen) atoms. The Labute approximate surface area is 165 Å². The highest BCUT2D eigenvalue weighted by molar-refractivity contribution is 7.89. The molecule has 2 saturated heterocycles. The Hall–Kier alpha value is -1.53. The van der Waals surface area contributed by atoms with Crippen LogP contribution in [0.1, 0.15) is 37.7 Å². The molecule has 2 aliphatic heterocycles. The molecule has 4 rings (SSSR count). The zero-order chi connectivity index (χ0) is 19.8. The molecule has 0 N–H and O–H groups in total. The molecule has 1 unspecified atom stereocenters. The largest absolute Gasteiger partial charge is 0.379 e. The topological polar surface area (TPSA) is 73.6 Å². The third kappa shape index (κ3) is 3.57. The number of piperidine rings is 1. The fourth-order valence-corrected chi connectivity index (χ4v) is 6.55. The summed E-state index contributed by atoms with van der Waals surface area (Å²) in [4.78, 5) is 2.13. The van der Waals surface area contributed by atoms with Gasteiger partial charge in [0.25, 0.3) is 0 Å². The van der Waals surface area contributed by atoms with Crippen LogP contribution in [0, 0.1) is 22.6 Å². The molecule has 2 heterocycles. The van der Waals surface area contributed by atoms with Crippen LogP contribution in [0.3, 0.4) is 0 Å². The van der Waals surface area contributed by atoms with Gasteiger partial charge in [0, 0.05) is 32.2 Å². The van der Waals surface area contributed by atoms with Crippen LogP contribution < -0.4 is 0 Å². The number of nitriles is 1. The van der Waals surface area contributed by atoms with Crippen LogP contribution in [-0.4, -0.2) is 63.1 Å². The van der Waals surface area contributed by atoms with Crippen molar-refractivity contribution < 1.29 is 17.5 Å². The molecule has 1 saturated carbocycles. The molecule has 0 radical (unpaired) electrons. The molecule has 0 amide bonds. The average molecular weight is 408 g/mol. The van der Waals surface area contributed by atoms with Crippen molar-refractivity contribution in [2.45, 2.75) is 43.0 Å². The number of hydrogen-bond acceptors (Lipinski definition) is 5. The Balaban J connectivity index is 1.44. The van der Waals surface area contributed by atoms with E-state index < -0.39 is 15.8 Å². The van der Waals surface area contributed by atoms with Crippen molar-refractivity contribution in [3.63, 3.8) is 0 Å². The molecule has 1 aromatic rings. The van der Waals surface area contributed by atoms with E-state index in [1.807, 2.05) is 0 Å². The van der Waals surface area contributed by atoms with Crippen LogP contribution >= 0.6 is 0 Å². The van der Waals surface area contributed by atoms with E-state index >= 15 is 0 Å². The Morgan fingerprint density at radius 1 is 1.14 bits per heavy atom. The molecule has 1 aromatic carbocycles. The minimum Gasteiger partial charge on any atom is -0.379 e. The molecule has 0 aromatic heterocycles. The number of benzene rings is 1. The van der Waals surface area contributed by atoms with Gasteiger partial charge >= 0.3 is 0 Å². The van der Waals surface area contributed by atoms with Gasteiger partial charge in [0.15, 0.2) is 5.82 Å². The molecule has 8 heteroatoms. The Morgan fingerprint density at radius 3 is 2.54 bits per heavy atom. The van der Waals surface area contributed by atoms with Gasteiger partial charge in [0.2, 0.25) is 10.0 Å². The average Bonchev–Trinajstić information content (AvgIpc) is 3.12. The van der Waals surface area contributed by atoms with Gasteiger partial charge in [0.1, 0.15) is 11.0 Å². The third-order valence-electron chi connectivity index (χ3n) is 6.72. The van der Waals surface area contributed by atoms with Gasteiger partial charge in [-0.25, -0.2) is 12.8 Å². The summed E-state index contributed by atoms with van der Waals surface area (Å²) in [6, 6.07) is 6.25. The zero-order valence-corrected chi connectivity index (χ0v) is 16.8. The molecular formula is C20H26FN3O3S. The lowest BCUT2D eigenvalue weighted by Gasteiger charge is -2.40. The van der Waals surface area contributed by atoms with E-state index in [1.54, 1.807) is 6.07 Å². The van der Waals surface area contributed by atoms with E-state index in [0.29, 0.717) is 19.1 Å². The number of morpholine rings is 1. The SMILES string of the molecule is N#Cc1cccc(S(=O)(=O)N2CCC3(CCC(N4CCOCC4)C3)CC2)c1F. The smallest absolute Gasteiger partial charge is 0.246 e. The maximum absolute atomic E-state index is 14.4. The van der Waals surface area contributed by atoms with E-state index in [9.17, 15) is 12.8 Å². The summed E-state index contributed by atoms with van der Waals surface area (Å²) in [6.07, 6.45) is 5.02. The summed E-state index contributed by atoms with van der Waals surface area (Å²) in [5.74, 6) is -0.946. The molecule has 6 nitrogen and oxygen atoms in total. The summed E-state index contributed by atoms with van der Waals surface area (Å²) in [5.41, 5.74) is -0.0408. The van der Waals surface area contributed by atoms with Crippen molar-refractivity contribution in [3.8, 4) is 6.07 Å². The number of halogens is 1. The lowest BCUT2D eigenvalue weighted by molar-refractivity contribution is 0.0137. The van der Waals surface area contributed by atoms with Crippen molar-refractivity contribution in [2.24, 2.45) is 5.41 Å². The minimum atomic E-state index is -3.93. The Morgan fingerprint density at radius 2 is 1.86 bits per heavy atom. The van der Waals surface area contributed by atoms with Crippen molar-refractivity contribution in [1.82, 2.24) is 9.21 Å². The van der Waals surface area contributed by atoms with Crippen LogP contribution in [-0.2, 0) is 14.8 Å². The summed E-state index contributed by atoms with van der Waals surface area (Å²) in [7, 11) is -3.93. The van der Waals surface area contributed by atoms with Crippen LogP contribution in [0.15, 0.2) is 23.1 Å². The van der Waals surface area contributed by atoms with Gasteiger partial charge in [-0.3, -0.25) is 4.90 Å². The molecule has 1 spiro atoms. The first-order chi connectivity index (χ1) is 13.5. The number of hydrogen-bond donors (Lipinski definition) is 0. The fourth-order valence-electron chi connectivity index (χ4n) is 5.02. The standard InChI is InChI=1S/C20H26FN3O3S/c21-19-16(15-22)2-1-3-18(19)28(25,26)24-8-6-20(7-9-24)5-4-17(14-20)23-10-12-27-13-11-23/h1-3,17H,4-14H2. The summed E-state index contributed by atoms with van der Waals surface area (Å²) < 4.78 is 47.2. The van der Waals surface area contributed by atoms with Crippen molar-refractivity contribution in [1.29, 1.82) is 5.26 Å². The second-order valence-corrected chi connectivity index (χ2v) is 10.1. The maximum atomic E-state index is 14.4. The van der Waals surface area contributed by atoms with Gasteiger partial charge in [-0.05, 0) is 49.7 Å². The number of rotatable bonds is 3. The first kappa shape index (κ1) is 19.8. The van der Waals surface area contributed by atoms with Crippen molar-refractivity contribution >= 4 is 10.0 Å². The van der Waals surface area contributed by atoms with Crippen LogP contribution in [0.4, 0.5) is 4.39 Å². The van der Waals surface area contributed by atoms with Crippen molar-refractivity contribution in [3.05, 3.63) is 29.6 Å². The van der Waals surface area contributed by atoms with Crippen LogP contribution in [0.2, 0.25) is 0 Å². The predicted octanol–water partition coefficient (Wildman–Crippen LogP) is 2.35. The monoisotopic (exact) mass is 407 g/mol. The van der Waals surface area contributed by atoms with E-state index in [4.69, 9.17) is 10.00 Å². The van der Waals surface area contributed by atoms with E-state index in [-0.39, 0.29) is 15.9 Å². The highest BCUT2D eigenvalue weighted by atomic mass is 32.2. The van der Waals surface area contributed by atoms with Crippen LogP contribution in [0.5, 0.6) is 0 Å². The second kappa shape index (κ2) is 7.71. The highest BCUT2D eigenvalue weighted by Crippen LogP contribution is 2.48. The van der Waals surface area contributed by atoms with E-state index in [2.05, 4.69) is 4.90 Å². The van der Waals surface area contributed by atoms with Gasteiger partial charge in [-0.2, -0.15) is 9.57 Å². The number of ether oxygens (including phenoxy) is 1. The maximum Gasteiger partial charge on any atom is 0.246 e. The first-order valence-electron chi connectivity index (χ1n) is 9.96. The molecule has 3 aliphatic rings. The molecule has 1 aliphatic carbocycles. The van der Waals surface area contributed by atoms with Gasteiger partial charge in [0.05, 0.1) is 18.8 Å². The molecule has 152 valence electrons. The second-order valence-electron chi connectivity index (χ2n) is 8.18. The fraction of sp³-hybridized carbons (Fsp3) is 0.650. The van der Waals surface area contributed by atoms with E-state index in [1.165, 1.54) is 22.5 Å². The number of sulfonamides is 1. The van der Waals surface area contributed by atoms with Crippen molar-refractivity contribution in [2.75, 3.05) is 39.4 Å². The van der Waals surface area contributed by atoms with Gasteiger partial charge in [-0.1, -0.05) is 6.07 Å². The lowest BCUT2D eigenvalue weighted by atomic mass is 9.77. The summed E-state index contributed by atoms with van der Waals surface area (Å²) in [6.45, 7) is 4.37. The summed E-state index contributed by atoms with van der Waals surface area (Å²) in [5, 5.41) is 8.98. The van der Waals surface area contributed by atoms with Gasteiger partial charge < -0.3 is 4.74 Å². The van der Waals surface area contributed by atoms with E-state index in [0.717, 1.165) is 58.4 Å². The van der Waals surface area contributed by atoms with Crippen LogP contribution in [0.25, 0.3) is 0 Å².